The molecule has 3 aliphatic rings. The minimum absolute atomic E-state index is 0.190. The van der Waals surface area contributed by atoms with E-state index in [0.29, 0.717) is 18.3 Å². The van der Waals surface area contributed by atoms with Crippen LogP contribution < -0.4 is 0 Å². The van der Waals surface area contributed by atoms with Gasteiger partial charge >= 0.3 is 5.97 Å². The van der Waals surface area contributed by atoms with Crippen LogP contribution in [-0.2, 0) is 4.79 Å². The highest BCUT2D eigenvalue weighted by Gasteiger charge is 2.47. The van der Waals surface area contributed by atoms with E-state index >= 15 is 0 Å². The van der Waals surface area contributed by atoms with Gasteiger partial charge in [-0.3, -0.25) is 4.79 Å². The largest absolute Gasteiger partial charge is 0.481 e. The van der Waals surface area contributed by atoms with E-state index < -0.39 is 17.6 Å². The molecule has 0 heterocycles. The van der Waals surface area contributed by atoms with Gasteiger partial charge in [-0.15, -0.1) is 0 Å². The van der Waals surface area contributed by atoms with E-state index in [2.05, 4.69) is 13.8 Å². The van der Waals surface area contributed by atoms with Gasteiger partial charge in [0.15, 0.2) is 0 Å². The lowest BCUT2D eigenvalue weighted by atomic mass is 9.58. The first-order chi connectivity index (χ1) is 16.3. The number of rotatable bonds is 12. The molecule has 3 fully saturated rings. The third-order valence-electron chi connectivity index (χ3n) is 10.7. The number of hydrogen-bond donors (Lipinski definition) is 1. The molecule has 0 saturated heterocycles. The summed E-state index contributed by atoms with van der Waals surface area (Å²) in [5, 5.41) is 9.89. The third kappa shape index (κ3) is 7.45. The Labute approximate surface area is 210 Å². The minimum Gasteiger partial charge on any atom is -0.481 e. The Balaban J connectivity index is 1.43. The number of carboxylic acid groups (broad SMARTS) is 1. The van der Waals surface area contributed by atoms with Crippen LogP contribution in [0.2, 0.25) is 0 Å². The van der Waals surface area contributed by atoms with Crippen molar-refractivity contribution in [3.05, 3.63) is 0 Å². The molecule has 1 unspecified atom stereocenters. The molecule has 3 saturated carbocycles. The average molecular weight is 479 g/mol. The lowest BCUT2D eigenvalue weighted by molar-refractivity contribution is -0.154. The maximum atomic E-state index is 13.8. The predicted octanol–water partition coefficient (Wildman–Crippen LogP) is 9.75. The van der Waals surface area contributed by atoms with Crippen molar-refractivity contribution in [1.82, 2.24) is 0 Å². The smallest absolute Gasteiger partial charge is 0.309 e. The molecule has 2 nitrogen and oxygen atoms in total. The fraction of sp³-hybridized carbons (Fsp3) is 0.968. The highest BCUT2D eigenvalue weighted by molar-refractivity contribution is 5.74. The van der Waals surface area contributed by atoms with Crippen molar-refractivity contribution >= 4 is 5.97 Å². The zero-order valence-corrected chi connectivity index (χ0v) is 22.8. The number of aliphatic carboxylic acids is 1. The Hall–Kier alpha value is -0.600. The van der Waals surface area contributed by atoms with E-state index in [1.165, 1.54) is 103 Å². The van der Waals surface area contributed by atoms with Gasteiger partial charge in [-0.2, -0.15) is 0 Å². The normalized spacial score (nSPS) is 37.9. The zero-order chi connectivity index (χ0) is 24.6. The van der Waals surface area contributed by atoms with Crippen LogP contribution in [-0.4, -0.2) is 17.2 Å². The predicted molar refractivity (Wildman–Crippen MR) is 141 cm³/mol. The van der Waals surface area contributed by atoms with E-state index in [1.807, 2.05) is 0 Å². The quantitative estimate of drug-likeness (QED) is 0.303. The maximum absolute atomic E-state index is 13.8. The van der Waals surface area contributed by atoms with Crippen molar-refractivity contribution in [1.29, 1.82) is 0 Å². The Morgan fingerprint density at radius 3 is 1.79 bits per heavy atom. The second-order valence-electron chi connectivity index (χ2n) is 13.1. The van der Waals surface area contributed by atoms with Crippen LogP contribution >= 0.6 is 0 Å². The summed E-state index contributed by atoms with van der Waals surface area (Å²) in [6.07, 6.45) is 23.4. The van der Waals surface area contributed by atoms with E-state index in [4.69, 9.17) is 0 Å². The summed E-state index contributed by atoms with van der Waals surface area (Å²) in [6, 6.07) is 0. The summed E-state index contributed by atoms with van der Waals surface area (Å²) in [4.78, 5) is 12.0. The van der Waals surface area contributed by atoms with E-state index in [0.717, 1.165) is 36.5 Å². The van der Waals surface area contributed by atoms with Gasteiger partial charge in [0.25, 0.3) is 0 Å². The van der Waals surface area contributed by atoms with Crippen molar-refractivity contribution in [3.8, 4) is 0 Å². The first-order valence-electron chi connectivity index (χ1n) is 15.2. The molecule has 0 aromatic heterocycles. The third-order valence-corrected chi connectivity index (χ3v) is 10.7. The molecule has 34 heavy (non-hydrogen) atoms. The van der Waals surface area contributed by atoms with Crippen LogP contribution in [0, 0.1) is 34.5 Å². The van der Waals surface area contributed by atoms with Gasteiger partial charge in [-0.25, -0.2) is 4.39 Å². The molecular weight excluding hydrogens is 423 g/mol. The second kappa shape index (κ2) is 13.1. The summed E-state index contributed by atoms with van der Waals surface area (Å²) < 4.78 is 13.8. The molecule has 0 spiro atoms. The van der Waals surface area contributed by atoms with Crippen LogP contribution in [0.4, 0.5) is 4.39 Å². The van der Waals surface area contributed by atoms with Crippen LogP contribution in [0.1, 0.15) is 149 Å². The van der Waals surface area contributed by atoms with Gasteiger partial charge < -0.3 is 5.11 Å². The van der Waals surface area contributed by atoms with Gasteiger partial charge in [0, 0.05) is 0 Å². The highest BCUT2D eigenvalue weighted by atomic mass is 19.1. The summed E-state index contributed by atoms with van der Waals surface area (Å²) in [7, 11) is 0. The fourth-order valence-electron chi connectivity index (χ4n) is 8.36. The Morgan fingerprint density at radius 1 is 0.824 bits per heavy atom. The topological polar surface area (TPSA) is 37.3 Å². The van der Waals surface area contributed by atoms with E-state index in [9.17, 15) is 14.3 Å². The van der Waals surface area contributed by atoms with Crippen molar-refractivity contribution in [2.75, 3.05) is 0 Å². The molecule has 198 valence electrons. The Morgan fingerprint density at radius 2 is 1.35 bits per heavy atom. The molecular formula is C31H55FO2. The molecule has 0 aromatic rings. The van der Waals surface area contributed by atoms with Crippen LogP contribution in [0.25, 0.3) is 0 Å². The summed E-state index contributed by atoms with van der Waals surface area (Å²) in [5.74, 6) is 3.13. The van der Waals surface area contributed by atoms with E-state index in [1.54, 1.807) is 0 Å². The number of halogens is 1. The highest BCUT2D eigenvalue weighted by Crippen LogP contribution is 2.53. The molecule has 0 amide bonds. The van der Waals surface area contributed by atoms with Gasteiger partial charge in [0.1, 0.15) is 0 Å². The number of hydrogen-bond acceptors (Lipinski definition) is 1. The molecule has 1 atom stereocenters. The molecule has 0 aliphatic heterocycles. The number of carbonyl (C=O) groups is 1. The first kappa shape index (κ1) is 28.0. The van der Waals surface area contributed by atoms with Crippen LogP contribution in [0.5, 0.6) is 0 Å². The van der Waals surface area contributed by atoms with Crippen molar-refractivity contribution in [3.63, 3.8) is 0 Å². The molecule has 3 rings (SSSR count). The molecule has 1 N–H and O–H groups in total. The summed E-state index contributed by atoms with van der Waals surface area (Å²) in [6.45, 7) is 6.11. The lowest BCUT2D eigenvalue weighted by Crippen LogP contribution is -2.41. The average Bonchev–Trinajstić information content (AvgIpc) is 2.83. The molecule has 0 bridgehead atoms. The number of unbranched alkanes of at least 4 members (excludes halogenated alkanes) is 1. The number of carboxylic acids is 1. The standard InChI is InChI=1S/C31H55FO2/c1-4-6-7-25-8-12-27(13-9-25)28-14-10-26(11-15-28)16-18-30(17-5-2)19-21-31(22-20-30,29(33)34)23-24(3)32/h24-28H,4-23H2,1-3H3,(H,33,34). The molecule has 3 aliphatic carbocycles. The SMILES string of the molecule is CCCCC1CCC(C2CCC(CCC3(CCC)CCC(CC(C)F)(C(=O)O)CC3)CC2)CC1. The van der Waals surface area contributed by atoms with Gasteiger partial charge in [0.2, 0.25) is 0 Å². The molecule has 3 heteroatoms. The minimum atomic E-state index is -1.03. The summed E-state index contributed by atoms with van der Waals surface area (Å²) >= 11 is 0. The molecule has 0 radical (unpaired) electrons. The van der Waals surface area contributed by atoms with Gasteiger partial charge in [-0.05, 0) is 113 Å². The van der Waals surface area contributed by atoms with Crippen molar-refractivity contribution in [2.24, 2.45) is 34.5 Å². The van der Waals surface area contributed by atoms with Crippen molar-refractivity contribution in [2.45, 2.75) is 155 Å². The lowest BCUT2D eigenvalue weighted by Gasteiger charge is -2.46. The monoisotopic (exact) mass is 478 g/mol. The maximum Gasteiger partial charge on any atom is 0.309 e. The number of alkyl halides is 1. The first-order valence-corrected chi connectivity index (χ1v) is 15.2. The van der Waals surface area contributed by atoms with Crippen LogP contribution in [0.3, 0.4) is 0 Å². The van der Waals surface area contributed by atoms with Gasteiger partial charge in [0.05, 0.1) is 11.6 Å². The van der Waals surface area contributed by atoms with Gasteiger partial charge in [-0.1, -0.05) is 65.2 Å². The van der Waals surface area contributed by atoms with E-state index in [-0.39, 0.29) is 6.42 Å². The summed E-state index contributed by atoms with van der Waals surface area (Å²) in [5.41, 5.74) is -0.514. The molecule has 0 aromatic carbocycles. The second-order valence-corrected chi connectivity index (χ2v) is 13.1. The zero-order valence-electron chi connectivity index (χ0n) is 22.8. The van der Waals surface area contributed by atoms with Crippen LogP contribution in [0.15, 0.2) is 0 Å². The van der Waals surface area contributed by atoms with Crippen molar-refractivity contribution < 1.29 is 14.3 Å². The Bertz CT molecular complexity index is 591. The fourth-order valence-corrected chi connectivity index (χ4v) is 8.36. The Kier molecular flexibility index (Phi) is 10.8.